The van der Waals surface area contributed by atoms with Gasteiger partial charge < -0.3 is 10.5 Å². The Kier molecular flexibility index (Phi) is 4.56. The van der Waals surface area contributed by atoms with Crippen LogP contribution in [0.2, 0.25) is 10.0 Å². The Morgan fingerprint density at radius 2 is 1.84 bits per heavy atom. The first-order valence-corrected chi connectivity index (χ1v) is 6.81. The highest BCUT2D eigenvalue weighted by Gasteiger charge is 2.04. The first-order valence-electron chi connectivity index (χ1n) is 6.05. The van der Waals surface area contributed by atoms with Crippen molar-refractivity contribution in [3.8, 4) is 5.75 Å². The molecule has 0 aromatic heterocycles. The van der Waals surface area contributed by atoms with E-state index in [0.29, 0.717) is 17.3 Å². The molecule has 0 aliphatic rings. The molecule has 0 aliphatic heterocycles. The molecule has 2 rings (SSSR count). The van der Waals surface area contributed by atoms with Crippen LogP contribution in [0.25, 0.3) is 0 Å². The lowest BCUT2D eigenvalue weighted by Crippen LogP contribution is -2.00. The molecular formula is C15H15Cl2NO. The minimum absolute atomic E-state index is 0.411. The second-order valence-electron chi connectivity index (χ2n) is 4.24. The van der Waals surface area contributed by atoms with Gasteiger partial charge in [-0.05, 0) is 42.3 Å². The topological polar surface area (TPSA) is 35.2 Å². The monoisotopic (exact) mass is 295 g/mol. The molecule has 0 saturated heterocycles. The zero-order chi connectivity index (χ0) is 13.8. The molecule has 0 unspecified atom stereocenters. The molecule has 4 heteroatoms. The maximum Gasteiger partial charge on any atom is 0.120 e. The van der Waals surface area contributed by atoms with Crippen LogP contribution in [-0.2, 0) is 13.0 Å². The van der Waals surface area contributed by atoms with E-state index in [1.165, 1.54) is 0 Å². The number of nitrogen functional groups attached to an aromatic ring is 1. The van der Waals surface area contributed by atoms with E-state index in [0.717, 1.165) is 28.3 Å². The second-order valence-corrected chi connectivity index (χ2v) is 5.08. The first kappa shape index (κ1) is 14.0. The lowest BCUT2D eigenvalue weighted by Gasteiger charge is -2.10. The lowest BCUT2D eigenvalue weighted by atomic mass is 10.1. The molecule has 0 radical (unpaired) electrons. The van der Waals surface area contributed by atoms with Crippen molar-refractivity contribution in [2.75, 3.05) is 5.73 Å². The maximum absolute atomic E-state index is 6.07. The van der Waals surface area contributed by atoms with Crippen LogP contribution >= 0.6 is 23.2 Å². The number of aryl methyl sites for hydroxylation is 1. The predicted molar refractivity (Wildman–Crippen MR) is 81.0 cm³/mol. The van der Waals surface area contributed by atoms with Gasteiger partial charge in [-0.2, -0.15) is 0 Å². The van der Waals surface area contributed by atoms with Crippen LogP contribution in [0.15, 0.2) is 36.4 Å². The van der Waals surface area contributed by atoms with Crippen molar-refractivity contribution in [3.63, 3.8) is 0 Å². The Morgan fingerprint density at radius 1 is 1.05 bits per heavy atom. The highest BCUT2D eigenvalue weighted by molar-refractivity contribution is 6.31. The SMILES string of the molecule is CCc1cc(OCc2ccc(Cl)cc2N)ccc1Cl. The largest absolute Gasteiger partial charge is 0.489 e. The van der Waals surface area contributed by atoms with Crippen LogP contribution in [0.3, 0.4) is 0 Å². The molecule has 19 heavy (non-hydrogen) atoms. The molecule has 0 amide bonds. The van der Waals surface area contributed by atoms with E-state index in [1.54, 1.807) is 12.1 Å². The standard InChI is InChI=1S/C15H15Cl2NO/c1-2-10-7-13(5-6-14(10)17)19-9-11-3-4-12(16)8-15(11)18/h3-8H,2,9,18H2,1H3. The summed E-state index contributed by atoms with van der Waals surface area (Å²) in [5, 5.41) is 1.39. The second kappa shape index (κ2) is 6.18. The molecule has 0 aliphatic carbocycles. The molecule has 0 saturated carbocycles. The third-order valence-corrected chi connectivity index (χ3v) is 3.50. The van der Waals surface area contributed by atoms with Crippen molar-refractivity contribution in [3.05, 3.63) is 57.6 Å². The van der Waals surface area contributed by atoms with Crippen LogP contribution in [0.4, 0.5) is 5.69 Å². The predicted octanol–water partition coefficient (Wildman–Crippen LogP) is 4.72. The van der Waals surface area contributed by atoms with Crippen LogP contribution < -0.4 is 10.5 Å². The van der Waals surface area contributed by atoms with Crippen molar-refractivity contribution in [2.24, 2.45) is 0 Å². The van der Waals surface area contributed by atoms with Crippen molar-refractivity contribution in [1.29, 1.82) is 0 Å². The van der Waals surface area contributed by atoms with Gasteiger partial charge in [0.2, 0.25) is 0 Å². The van der Waals surface area contributed by atoms with E-state index in [2.05, 4.69) is 6.92 Å². The number of halogens is 2. The highest BCUT2D eigenvalue weighted by Crippen LogP contribution is 2.24. The quantitative estimate of drug-likeness (QED) is 0.829. The molecule has 0 spiro atoms. The van der Waals surface area contributed by atoms with Crippen LogP contribution in [0.5, 0.6) is 5.75 Å². The molecule has 0 bridgehead atoms. The van der Waals surface area contributed by atoms with Crippen molar-refractivity contribution < 1.29 is 4.74 Å². The third-order valence-electron chi connectivity index (χ3n) is 2.90. The number of benzene rings is 2. The highest BCUT2D eigenvalue weighted by atomic mass is 35.5. The Labute approximate surface area is 123 Å². The van der Waals surface area contributed by atoms with Gasteiger partial charge in [0.1, 0.15) is 12.4 Å². The van der Waals surface area contributed by atoms with Crippen molar-refractivity contribution in [2.45, 2.75) is 20.0 Å². The molecule has 2 N–H and O–H groups in total. The van der Waals surface area contributed by atoms with E-state index < -0.39 is 0 Å². The summed E-state index contributed by atoms with van der Waals surface area (Å²) in [6, 6.07) is 11.0. The Hall–Kier alpha value is -1.38. The summed E-state index contributed by atoms with van der Waals surface area (Å²) < 4.78 is 5.73. The summed E-state index contributed by atoms with van der Waals surface area (Å²) in [7, 11) is 0. The Bertz CT molecular complexity index is 584. The summed E-state index contributed by atoms with van der Waals surface area (Å²) in [6.07, 6.45) is 0.874. The van der Waals surface area contributed by atoms with Gasteiger partial charge in [0.25, 0.3) is 0 Å². The zero-order valence-electron chi connectivity index (χ0n) is 10.6. The molecule has 0 fully saturated rings. The molecule has 2 nitrogen and oxygen atoms in total. The average Bonchev–Trinajstić information content (AvgIpc) is 2.39. The van der Waals surface area contributed by atoms with E-state index in [-0.39, 0.29) is 0 Å². The van der Waals surface area contributed by atoms with Crippen molar-refractivity contribution in [1.82, 2.24) is 0 Å². The van der Waals surface area contributed by atoms with Gasteiger partial charge in [-0.1, -0.05) is 36.2 Å². The average molecular weight is 296 g/mol. The van der Waals surface area contributed by atoms with Crippen LogP contribution in [-0.4, -0.2) is 0 Å². The first-order chi connectivity index (χ1) is 9.10. The van der Waals surface area contributed by atoms with Gasteiger partial charge in [0, 0.05) is 21.3 Å². The number of rotatable bonds is 4. The molecule has 2 aromatic rings. The normalized spacial score (nSPS) is 10.5. The third kappa shape index (κ3) is 3.55. The molecule has 2 aromatic carbocycles. The summed E-state index contributed by atoms with van der Waals surface area (Å²) in [5.41, 5.74) is 8.50. The number of ether oxygens (including phenoxy) is 1. The van der Waals surface area contributed by atoms with E-state index in [9.17, 15) is 0 Å². The van der Waals surface area contributed by atoms with Gasteiger partial charge in [-0.25, -0.2) is 0 Å². The van der Waals surface area contributed by atoms with E-state index in [1.807, 2.05) is 24.3 Å². The lowest BCUT2D eigenvalue weighted by molar-refractivity contribution is 0.306. The number of hydrogen-bond acceptors (Lipinski definition) is 2. The summed E-state index contributed by atoms with van der Waals surface area (Å²) in [6.45, 7) is 2.47. The van der Waals surface area contributed by atoms with Gasteiger partial charge in [-0.15, -0.1) is 0 Å². The van der Waals surface area contributed by atoms with Crippen LogP contribution in [0, 0.1) is 0 Å². The Morgan fingerprint density at radius 3 is 2.53 bits per heavy atom. The van der Waals surface area contributed by atoms with Gasteiger partial charge in [0.05, 0.1) is 0 Å². The summed E-state index contributed by atoms with van der Waals surface area (Å²) in [5.74, 6) is 0.788. The molecular weight excluding hydrogens is 281 g/mol. The van der Waals surface area contributed by atoms with E-state index in [4.69, 9.17) is 33.7 Å². The summed E-state index contributed by atoms with van der Waals surface area (Å²) in [4.78, 5) is 0. The molecule has 0 heterocycles. The minimum atomic E-state index is 0.411. The Balaban J connectivity index is 2.10. The fourth-order valence-corrected chi connectivity index (χ4v) is 2.20. The van der Waals surface area contributed by atoms with Gasteiger partial charge in [-0.3, -0.25) is 0 Å². The van der Waals surface area contributed by atoms with Gasteiger partial charge in [0.15, 0.2) is 0 Å². The van der Waals surface area contributed by atoms with E-state index >= 15 is 0 Å². The zero-order valence-corrected chi connectivity index (χ0v) is 12.1. The smallest absolute Gasteiger partial charge is 0.120 e. The molecule has 0 atom stereocenters. The fourth-order valence-electron chi connectivity index (χ4n) is 1.77. The number of nitrogens with two attached hydrogens (primary N) is 1. The van der Waals surface area contributed by atoms with Crippen molar-refractivity contribution >= 4 is 28.9 Å². The fraction of sp³-hybridized carbons (Fsp3) is 0.200. The minimum Gasteiger partial charge on any atom is -0.489 e. The number of anilines is 1. The molecule has 100 valence electrons. The maximum atomic E-state index is 6.07. The van der Waals surface area contributed by atoms with Gasteiger partial charge >= 0.3 is 0 Å². The van der Waals surface area contributed by atoms with Crippen LogP contribution in [0.1, 0.15) is 18.1 Å². The number of hydrogen-bond donors (Lipinski definition) is 1. The summed E-state index contributed by atoms with van der Waals surface area (Å²) >= 11 is 11.9.